The number of nitrogens with two attached hydrogens (primary N) is 1. The van der Waals surface area contributed by atoms with Crippen LogP contribution >= 0.6 is 0 Å². The van der Waals surface area contributed by atoms with Crippen LogP contribution in [0.1, 0.15) is 47.2 Å². The summed E-state index contributed by atoms with van der Waals surface area (Å²) in [4.78, 5) is 12.0. The number of hydrogen-bond donors (Lipinski definition) is 3. The van der Waals surface area contributed by atoms with Crippen LogP contribution in [0.3, 0.4) is 0 Å². The number of nitrogens with zero attached hydrogens (tertiary/aromatic N) is 2. The molecule has 1 rings (SSSR count). The van der Waals surface area contributed by atoms with Crippen LogP contribution in [0.4, 0.5) is 16.3 Å². The zero-order valence-corrected chi connectivity index (χ0v) is 14.7. The lowest BCUT2D eigenvalue weighted by Crippen LogP contribution is -2.32. The van der Waals surface area contributed by atoms with Crippen molar-refractivity contribution in [3.8, 4) is 0 Å². The Labute approximate surface area is 132 Å². The van der Waals surface area contributed by atoms with Gasteiger partial charge in [-0.3, -0.25) is 0 Å². The highest BCUT2D eigenvalue weighted by Gasteiger charge is 2.30. The molecule has 7 nitrogen and oxygen atoms in total. The molecule has 0 radical (unpaired) electrons. The van der Waals surface area contributed by atoms with Crippen molar-refractivity contribution in [2.75, 3.05) is 31.3 Å². The van der Waals surface area contributed by atoms with Gasteiger partial charge in [0.1, 0.15) is 11.5 Å². The first-order chi connectivity index (χ1) is 9.98. The molecule has 0 saturated carbocycles. The largest absolute Gasteiger partial charge is 0.383 e. The highest BCUT2D eigenvalue weighted by atomic mass is 16.5. The fourth-order valence-corrected chi connectivity index (χ4v) is 2.02. The molecule has 22 heavy (non-hydrogen) atoms. The molecule has 2 amide bonds. The van der Waals surface area contributed by atoms with E-state index in [4.69, 9.17) is 10.5 Å². The number of carbonyl (C=O) groups excluding carboxylic acids is 1. The predicted molar refractivity (Wildman–Crippen MR) is 89.2 cm³/mol. The van der Waals surface area contributed by atoms with E-state index in [0.717, 1.165) is 5.69 Å². The zero-order valence-electron chi connectivity index (χ0n) is 14.7. The molecule has 4 N–H and O–H groups in total. The van der Waals surface area contributed by atoms with Crippen molar-refractivity contribution in [2.45, 2.75) is 52.5 Å². The molecule has 0 unspecified atom stereocenters. The summed E-state index contributed by atoms with van der Waals surface area (Å²) in [7, 11) is 1.59. The van der Waals surface area contributed by atoms with Crippen molar-refractivity contribution in [3.05, 3.63) is 5.69 Å². The fraction of sp³-hybridized carbons (Fsp3) is 0.733. The second-order valence-electron chi connectivity index (χ2n) is 7.32. The second kappa shape index (κ2) is 6.56. The lowest BCUT2D eigenvalue weighted by atomic mass is 9.91. The Kier molecular flexibility index (Phi) is 5.45. The Morgan fingerprint density at radius 2 is 1.86 bits per heavy atom. The third-order valence-electron chi connectivity index (χ3n) is 3.10. The van der Waals surface area contributed by atoms with E-state index in [1.807, 2.05) is 41.5 Å². The maximum atomic E-state index is 12.0. The van der Waals surface area contributed by atoms with Gasteiger partial charge in [0.15, 0.2) is 0 Å². The molecule has 0 saturated heterocycles. The summed E-state index contributed by atoms with van der Waals surface area (Å²) < 4.78 is 6.66. The Balaban J connectivity index is 3.11. The molecule has 7 heteroatoms. The molecule has 0 spiro atoms. The fourth-order valence-electron chi connectivity index (χ4n) is 2.02. The quantitative estimate of drug-likeness (QED) is 0.744. The molecule has 0 atom stereocenters. The van der Waals surface area contributed by atoms with Crippen LogP contribution in [0.15, 0.2) is 0 Å². The number of nitrogens with one attached hydrogen (secondary N) is 2. The van der Waals surface area contributed by atoms with Crippen molar-refractivity contribution in [1.29, 1.82) is 0 Å². The average Bonchev–Trinajstić information content (AvgIpc) is 2.67. The first-order valence-corrected chi connectivity index (χ1v) is 7.41. The summed E-state index contributed by atoms with van der Waals surface area (Å²) >= 11 is 0. The molecule has 0 bridgehead atoms. The summed E-state index contributed by atoms with van der Waals surface area (Å²) in [5, 5.41) is 10.2. The second-order valence-corrected chi connectivity index (χ2v) is 7.32. The Morgan fingerprint density at radius 1 is 1.27 bits per heavy atom. The molecule has 0 aromatic carbocycles. The average molecular weight is 311 g/mol. The van der Waals surface area contributed by atoms with Gasteiger partial charge in [0.05, 0.1) is 17.8 Å². The number of aromatic nitrogens is 2. The molecule has 0 aliphatic rings. The van der Waals surface area contributed by atoms with Gasteiger partial charge >= 0.3 is 6.03 Å². The van der Waals surface area contributed by atoms with E-state index in [1.54, 1.807) is 11.8 Å². The number of methoxy groups -OCH3 is 1. The van der Waals surface area contributed by atoms with Crippen molar-refractivity contribution < 1.29 is 9.53 Å². The zero-order chi connectivity index (χ0) is 17.1. The van der Waals surface area contributed by atoms with Crippen molar-refractivity contribution in [1.82, 2.24) is 15.1 Å². The van der Waals surface area contributed by atoms with Gasteiger partial charge in [-0.05, 0) is 20.8 Å². The third kappa shape index (κ3) is 4.37. The molecular weight excluding hydrogens is 282 g/mol. The summed E-state index contributed by atoms with van der Waals surface area (Å²) in [6, 6.07) is -0.317. The Bertz CT molecular complexity index is 523. The summed E-state index contributed by atoms with van der Waals surface area (Å²) in [6.45, 7) is 13.1. The van der Waals surface area contributed by atoms with Crippen LogP contribution in [-0.4, -0.2) is 36.1 Å². The number of ether oxygens (including phenoxy) is 1. The van der Waals surface area contributed by atoms with Crippen LogP contribution in [0.25, 0.3) is 0 Å². The minimum Gasteiger partial charge on any atom is -0.383 e. The van der Waals surface area contributed by atoms with E-state index in [9.17, 15) is 4.79 Å². The maximum absolute atomic E-state index is 12.0. The number of nitrogen functional groups attached to an aromatic ring is 1. The Hall–Kier alpha value is -1.76. The van der Waals surface area contributed by atoms with Crippen LogP contribution in [0.2, 0.25) is 0 Å². The normalized spacial score (nSPS) is 12.3. The van der Waals surface area contributed by atoms with Crippen molar-refractivity contribution >= 4 is 17.5 Å². The minimum absolute atomic E-state index is 0.236. The highest BCUT2D eigenvalue weighted by molar-refractivity contribution is 5.93. The lowest BCUT2D eigenvalue weighted by Gasteiger charge is -2.21. The summed E-state index contributed by atoms with van der Waals surface area (Å²) in [5.41, 5.74) is 7.05. The first-order valence-electron chi connectivity index (χ1n) is 7.41. The number of carbonyl (C=O) groups is 1. The lowest BCUT2D eigenvalue weighted by molar-refractivity contribution is 0.198. The standard InChI is InChI=1S/C15H29N5O2/c1-14(2,3)11-10(18-13(21)17-8-9-22-7)12(16)20(19-11)15(4,5)6/h8-9,16H2,1-7H3,(H2,17,18,21). The number of rotatable bonds is 4. The van der Waals surface area contributed by atoms with Gasteiger partial charge in [-0.1, -0.05) is 20.8 Å². The molecule has 126 valence electrons. The maximum Gasteiger partial charge on any atom is 0.319 e. The summed E-state index contributed by atoms with van der Waals surface area (Å²) in [6.07, 6.45) is 0. The van der Waals surface area contributed by atoms with E-state index in [0.29, 0.717) is 24.7 Å². The van der Waals surface area contributed by atoms with Crippen LogP contribution in [0, 0.1) is 0 Å². The molecular formula is C15H29N5O2. The Morgan fingerprint density at radius 3 is 2.32 bits per heavy atom. The van der Waals surface area contributed by atoms with Gasteiger partial charge in [-0.2, -0.15) is 5.10 Å². The molecule has 0 aliphatic carbocycles. The van der Waals surface area contributed by atoms with Gasteiger partial charge in [0, 0.05) is 19.1 Å². The summed E-state index contributed by atoms with van der Waals surface area (Å²) in [5.74, 6) is 0.458. The van der Waals surface area contributed by atoms with Crippen LogP contribution in [0.5, 0.6) is 0 Å². The predicted octanol–water partition coefficient (Wildman–Crippen LogP) is 2.29. The highest BCUT2D eigenvalue weighted by Crippen LogP contribution is 2.35. The molecule has 1 aromatic heterocycles. The smallest absolute Gasteiger partial charge is 0.319 e. The number of hydrogen-bond acceptors (Lipinski definition) is 4. The van der Waals surface area contributed by atoms with E-state index in [-0.39, 0.29) is 17.0 Å². The van der Waals surface area contributed by atoms with E-state index >= 15 is 0 Å². The van der Waals surface area contributed by atoms with Gasteiger partial charge in [-0.15, -0.1) is 0 Å². The van der Waals surface area contributed by atoms with E-state index in [2.05, 4.69) is 15.7 Å². The van der Waals surface area contributed by atoms with Gasteiger partial charge in [-0.25, -0.2) is 9.48 Å². The van der Waals surface area contributed by atoms with E-state index in [1.165, 1.54) is 0 Å². The topological polar surface area (TPSA) is 94.2 Å². The van der Waals surface area contributed by atoms with E-state index < -0.39 is 0 Å². The number of anilines is 2. The molecule has 0 aliphatic heterocycles. The van der Waals surface area contributed by atoms with Crippen molar-refractivity contribution in [3.63, 3.8) is 0 Å². The first kappa shape index (κ1) is 18.3. The monoisotopic (exact) mass is 311 g/mol. The SMILES string of the molecule is COCCNC(=O)Nc1c(C(C)(C)C)nn(C(C)(C)C)c1N. The number of amides is 2. The third-order valence-corrected chi connectivity index (χ3v) is 3.10. The minimum atomic E-state index is -0.317. The van der Waals surface area contributed by atoms with Crippen LogP contribution in [-0.2, 0) is 15.7 Å². The molecule has 1 heterocycles. The molecule has 0 fully saturated rings. The van der Waals surface area contributed by atoms with Crippen LogP contribution < -0.4 is 16.4 Å². The van der Waals surface area contributed by atoms with Gasteiger partial charge in [0.2, 0.25) is 0 Å². The number of urea groups is 1. The van der Waals surface area contributed by atoms with Gasteiger partial charge < -0.3 is 21.1 Å². The van der Waals surface area contributed by atoms with Gasteiger partial charge in [0.25, 0.3) is 0 Å². The molecule has 1 aromatic rings. The van der Waals surface area contributed by atoms with Crippen molar-refractivity contribution in [2.24, 2.45) is 0 Å².